The molecule has 0 heterocycles. The summed E-state index contributed by atoms with van der Waals surface area (Å²) in [5.74, 6) is -9.96. The maximum atomic E-state index is 10.9. The number of aliphatic hydroxyl groups is 1. The number of carboxylic acid groups (broad SMARTS) is 4. The second kappa shape index (κ2) is 9.76. The van der Waals surface area contributed by atoms with Crippen LogP contribution in [0.15, 0.2) is 0 Å². The molecule has 0 rings (SSSR count). The Bertz CT molecular complexity index is 479. The van der Waals surface area contributed by atoms with Gasteiger partial charge in [0.05, 0.1) is 6.42 Å². The molecule has 0 aliphatic rings. The summed E-state index contributed by atoms with van der Waals surface area (Å²) >= 11 is 3.65. The fraction of sp³-hybridized carbons (Fsp3) is 0.545. The van der Waals surface area contributed by atoms with E-state index in [1.54, 1.807) is 0 Å². The fourth-order valence-electron chi connectivity index (χ4n) is 1.32. The van der Waals surface area contributed by atoms with E-state index in [-0.39, 0.29) is 5.75 Å². The minimum absolute atomic E-state index is 0.190. The number of carbonyl (C=O) groups is 5. The van der Waals surface area contributed by atoms with E-state index < -0.39 is 53.6 Å². The molecule has 0 aromatic rings. The van der Waals surface area contributed by atoms with Crippen LogP contribution >= 0.6 is 12.6 Å². The summed E-state index contributed by atoms with van der Waals surface area (Å²) in [6, 6.07) is -0.816. The highest BCUT2D eigenvalue weighted by atomic mass is 32.1. The first-order chi connectivity index (χ1) is 10.3. The van der Waals surface area contributed by atoms with E-state index in [0.717, 1.165) is 6.92 Å². The summed E-state index contributed by atoms with van der Waals surface area (Å²) in [6.07, 6.45) is -1.38. The number of hydrogen-bond acceptors (Lipinski definition) is 8. The van der Waals surface area contributed by atoms with Crippen LogP contribution in [0.2, 0.25) is 0 Å². The lowest BCUT2D eigenvalue weighted by Crippen LogP contribution is -2.53. The molecule has 23 heavy (non-hydrogen) atoms. The van der Waals surface area contributed by atoms with Gasteiger partial charge in [-0.25, -0.2) is 4.79 Å². The minimum atomic E-state index is -3.15. The van der Waals surface area contributed by atoms with Crippen molar-refractivity contribution in [2.75, 3.05) is 5.75 Å². The first-order valence-corrected chi connectivity index (χ1v) is 6.44. The van der Waals surface area contributed by atoms with Crippen LogP contribution in [0.25, 0.3) is 0 Å². The number of Topliss-reactive ketones (excluding diaryl/α,β-unsaturated/α-hetero) is 1. The Morgan fingerprint density at radius 1 is 1.04 bits per heavy atom. The van der Waals surface area contributed by atoms with E-state index in [1.807, 2.05) is 0 Å². The summed E-state index contributed by atoms with van der Waals surface area (Å²) in [4.78, 5) is 52.3. The second-order valence-corrected chi connectivity index (χ2v) is 4.67. The second-order valence-electron chi connectivity index (χ2n) is 4.31. The van der Waals surface area contributed by atoms with Crippen molar-refractivity contribution < 1.29 is 49.5 Å². The van der Waals surface area contributed by atoms with E-state index >= 15 is 0 Å². The van der Waals surface area contributed by atoms with Gasteiger partial charge in [-0.1, -0.05) is 0 Å². The molecule has 3 unspecified atom stereocenters. The van der Waals surface area contributed by atoms with E-state index in [2.05, 4.69) is 12.6 Å². The smallest absolute Gasteiger partial charge is 0.337 e. The Morgan fingerprint density at radius 2 is 1.48 bits per heavy atom. The zero-order valence-corrected chi connectivity index (χ0v) is 12.8. The van der Waals surface area contributed by atoms with Crippen molar-refractivity contribution in [1.29, 1.82) is 0 Å². The molecule has 7 N–H and O–H groups in total. The van der Waals surface area contributed by atoms with E-state index in [0.29, 0.717) is 0 Å². The molecule has 12 heteroatoms. The third kappa shape index (κ3) is 7.58. The van der Waals surface area contributed by atoms with Gasteiger partial charge in [-0.3, -0.25) is 19.2 Å². The van der Waals surface area contributed by atoms with Crippen LogP contribution in [0.1, 0.15) is 13.3 Å². The Balaban J connectivity index is 0. The molecule has 0 saturated heterocycles. The van der Waals surface area contributed by atoms with Gasteiger partial charge in [0, 0.05) is 5.75 Å². The first kappa shape index (κ1) is 23.1. The van der Waals surface area contributed by atoms with Crippen LogP contribution < -0.4 is 5.73 Å². The number of carboxylic acids is 4. The lowest BCUT2D eigenvalue weighted by Gasteiger charge is -2.26. The van der Waals surface area contributed by atoms with Crippen LogP contribution in [0, 0.1) is 5.92 Å². The van der Waals surface area contributed by atoms with E-state index in [4.69, 9.17) is 26.2 Å². The number of hydrogen-bond donors (Lipinski definition) is 7. The molecule has 3 atom stereocenters. The monoisotopic (exact) mass is 355 g/mol. The Kier molecular flexibility index (Phi) is 9.80. The normalized spacial score (nSPS) is 15.1. The average Bonchev–Trinajstić information content (AvgIpc) is 2.35. The number of ketones is 1. The van der Waals surface area contributed by atoms with Gasteiger partial charge in [-0.15, -0.1) is 0 Å². The Hall–Kier alpha value is -2.18. The van der Waals surface area contributed by atoms with Crippen molar-refractivity contribution in [1.82, 2.24) is 0 Å². The predicted molar refractivity (Wildman–Crippen MR) is 76.1 cm³/mol. The largest absolute Gasteiger partial charge is 0.481 e. The number of carbonyl (C=O) groups excluding carboxylic acids is 1. The van der Waals surface area contributed by atoms with Gasteiger partial charge in [0.25, 0.3) is 0 Å². The summed E-state index contributed by atoms with van der Waals surface area (Å²) in [5, 5.41) is 43.1. The SMILES string of the molecule is CC(=O)C(C(=O)O)C(O)(CC(=O)O)C(=O)O.NC(CS)C(=O)O. The number of aliphatic carboxylic acids is 4. The van der Waals surface area contributed by atoms with Crippen molar-refractivity contribution in [2.24, 2.45) is 11.7 Å². The van der Waals surface area contributed by atoms with Crippen molar-refractivity contribution in [2.45, 2.75) is 25.0 Å². The van der Waals surface area contributed by atoms with Crippen LogP contribution in [0.5, 0.6) is 0 Å². The molecular weight excluding hydrogens is 338 g/mol. The van der Waals surface area contributed by atoms with Gasteiger partial charge < -0.3 is 31.3 Å². The zero-order chi connectivity index (χ0) is 19.0. The molecule has 0 bridgehead atoms. The van der Waals surface area contributed by atoms with Gasteiger partial charge in [-0.2, -0.15) is 12.6 Å². The molecule has 0 fully saturated rings. The van der Waals surface area contributed by atoms with Crippen molar-refractivity contribution in [3.8, 4) is 0 Å². The van der Waals surface area contributed by atoms with Gasteiger partial charge in [0.1, 0.15) is 11.8 Å². The van der Waals surface area contributed by atoms with Gasteiger partial charge in [0.2, 0.25) is 0 Å². The number of thiol groups is 1. The lowest BCUT2D eigenvalue weighted by atomic mass is 9.82. The average molecular weight is 355 g/mol. The molecule has 0 radical (unpaired) electrons. The van der Waals surface area contributed by atoms with Gasteiger partial charge >= 0.3 is 23.9 Å². The predicted octanol–water partition coefficient (Wildman–Crippen LogP) is -2.11. The fourth-order valence-corrected chi connectivity index (χ4v) is 1.48. The van der Waals surface area contributed by atoms with Crippen molar-refractivity contribution in [3.63, 3.8) is 0 Å². The lowest BCUT2D eigenvalue weighted by molar-refractivity contribution is -0.180. The molecule has 11 nitrogen and oxygen atoms in total. The summed E-state index contributed by atoms with van der Waals surface area (Å²) in [6.45, 7) is 0.758. The van der Waals surface area contributed by atoms with E-state index in [1.165, 1.54) is 0 Å². The van der Waals surface area contributed by atoms with Crippen molar-refractivity contribution in [3.05, 3.63) is 0 Å². The van der Waals surface area contributed by atoms with Crippen LogP contribution in [-0.2, 0) is 24.0 Å². The third-order valence-corrected chi connectivity index (χ3v) is 2.83. The van der Waals surface area contributed by atoms with Gasteiger partial charge in [0.15, 0.2) is 11.5 Å². The minimum Gasteiger partial charge on any atom is -0.481 e. The zero-order valence-electron chi connectivity index (χ0n) is 11.9. The van der Waals surface area contributed by atoms with Crippen LogP contribution in [0.4, 0.5) is 0 Å². The number of nitrogens with two attached hydrogens (primary N) is 1. The quantitative estimate of drug-likeness (QED) is 0.185. The molecule has 0 aromatic heterocycles. The molecular formula is C11H17NO10S. The highest BCUT2D eigenvalue weighted by molar-refractivity contribution is 7.80. The van der Waals surface area contributed by atoms with Crippen LogP contribution in [-0.4, -0.2) is 72.6 Å². The Morgan fingerprint density at radius 3 is 1.61 bits per heavy atom. The number of rotatable bonds is 8. The van der Waals surface area contributed by atoms with Crippen molar-refractivity contribution >= 4 is 42.3 Å². The summed E-state index contributed by atoms with van der Waals surface area (Å²) < 4.78 is 0. The first-order valence-electron chi connectivity index (χ1n) is 5.81. The summed E-state index contributed by atoms with van der Waals surface area (Å²) in [7, 11) is 0. The highest BCUT2D eigenvalue weighted by Crippen LogP contribution is 2.24. The molecule has 132 valence electrons. The molecule has 0 aromatic carbocycles. The molecule has 0 saturated carbocycles. The molecule has 0 aliphatic carbocycles. The molecule has 0 aliphatic heterocycles. The maximum absolute atomic E-state index is 10.9. The molecule has 0 amide bonds. The standard InChI is InChI=1S/C8H10O8.C3H7NO2S/c1-3(9)5(6(12)13)8(16,7(14)15)2-4(10)11;4-2(1-7)3(5)6/h5,16H,2H2,1H3,(H,10,11)(H,12,13)(H,14,15);2,7H,1,4H2,(H,5,6). The van der Waals surface area contributed by atoms with E-state index in [9.17, 15) is 29.1 Å². The summed E-state index contributed by atoms with van der Waals surface area (Å²) in [5.41, 5.74) is 1.79. The Labute approximate surface area is 135 Å². The topological polar surface area (TPSA) is 213 Å². The maximum Gasteiger partial charge on any atom is 0.337 e. The van der Waals surface area contributed by atoms with Gasteiger partial charge in [-0.05, 0) is 6.92 Å². The third-order valence-electron chi connectivity index (χ3n) is 2.44. The van der Waals surface area contributed by atoms with Crippen LogP contribution in [0.3, 0.4) is 0 Å². The molecule has 0 spiro atoms. The highest BCUT2D eigenvalue weighted by Gasteiger charge is 2.52.